The molecule has 2 aromatic carbocycles. The summed E-state index contributed by atoms with van der Waals surface area (Å²) in [7, 11) is -3.64. The molecule has 2 aromatic rings. The number of hydrogen-bond donors (Lipinski definition) is 2. The lowest BCUT2D eigenvalue weighted by atomic mass is 10.2. The minimum absolute atomic E-state index is 0.0587. The van der Waals surface area contributed by atoms with Crippen LogP contribution < -0.4 is 10.0 Å². The van der Waals surface area contributed by atoms with E-state index in [9.17, 15) is 17.6 Å². The second-order valence-electron chi connectivity index (χ2n) is 5.94. The first-order valence-electron chi connectivity index (χ1n) is 8.55. The highest BCUT2D eigenvalue weighted by atomic mass is 32.2. The van der Waals surface area contributed by atoms with E-state index in [-0.39, 0.29) is 22.8 Å². The van der Waals surface area contributed by atoms with Gasteiger partial charge in [0.1, 0.15) is 5.82 Å². The highest BCUT2D eigenvalue weighted by Gasteiger charge is 2.15. The van der Waals surface area contributed by atoms with Gasteiger partial charge in [-0.15, -0.1) is 0 Å². The molecule has 5 nitrogen and oxygen atoms in total. The molecule has 0 aliphatic heterocycles. The van der Waals surface area contributed by atoms with Crippen molar-refractivity contribution in [1.82, 2.24) is 10.0 Å². The molecule has 2 N–H and O–H groups in total. The van der Waals surface area contributed by atoms with E-state index in [2.05, 4.69) is 10.0 Å². The van der Waals surface area contributed by atoms with Gasteiger partial charge in [-0.3, -0.25) is 4.79 Å². The average Bonchev–Trinajstić information content (AvgIpc) is 2.64. The van der Waals surface area contributed by atoms with Crippen LogP contribution in [0.5, 0.6) is 0 Å². The van der Waals surface area contributed by atoms with Gasteiger partial charge in [0.25, 0.3) is 5.91 Å². The van der Waals surface area contributed by atoms with Crippen LogP contribution in [0.2, 0.25) is 0 Å². The topological polar surface area (TPSA) is 75.3 Å². The molecule has 1 amide bonds. The Balaban J connectivity index is 2.00. The standard InChI is InChI=1S/C19H23FN2O3S/c1-2-3-4-12-22-26(24,25)18-7-5-6-16(13-18)19(23)21-14-15-8-10-17(20)11-9-15/h5-11,13,22H,2-4,12,14H2,1H3,(H,21,23). The minimum atomic E-state index is -3.64. The van der Waals surface area contributed by atoms with E-state index in [1.807, 2.05) is 6.92 Å². The molecular weight excluding hydrogens is 355 g/mol. The van der Waals surface area contributed by atoms with Crippen molar-refractivity contribution < 1.29 is 17.6 Å². The molecule has 2 rings (SSSR count). The maximum absolute atomic E-state index is 12.9. The molecule has 0 fully saturated rings. The van der Waals surface area contributed by atoms with Gasteiger partial charge in [-0.05, 0) is 42.3 Å². The first-order chi connectivity index (χ1) is 12.4. The number of amides is 1. The number of carbonyl (C=O) groups excluding carboxylic acids is 1. The van der Waals surface area contributed by atoms with Gasteiger partial charge < -0.3 is 5.32 Å². The van der Waals surface area contributed by atoms with E-state index in [4.69, 9.17) is 0 Å². The fourth-order valence-electron chi connectivity index (χ4n) is 2.36. The van der Waals surface area contributed by atoms with Crippen molar-refractivity contribution in [3.63, 3.8) is 0 Å². The van der Waals surface area contributed by atoms with Crippen molar-refractivity contribution in [1.29, 1.82) is 0 Å². The van der Waals surface area contributed by atoms with Crippen LogP contribution in [0.25, 0.3) is 0 Å². The predicted molar refractivity (Wildman–Crippen MR) is 98.7 cm³/mol. The summed E-state index contributed by atoms with van der Waals surface area (Å²) in [6, 6.07) is 11.7. The maximum Gasteiger partial charge on any atom is 0.251 e. The van der Waals surface area contributed by atoms with Gasteiger partial charge in [0, 0.05) is 18.7 Å². The normalized spacial score (nSPS) is 11.3. The molecule has 0 unspecified atom stereocenters. The summed E-state index contributed by atoms with van der Waals surface area (Å²) in [5.74, 6) is -0.734. The second kappa shape index (κ2) is 9.45. The summed E-state index contributed by atoms with van der Waals surface area (Å²) in [6.07, 6.45) is 2.73. The van der Waals surface area contributed by atoms with Crippen LogP contribution in [-0.2, 0) is 16.6 Å². The number of carbonyl (C=O) groups is 1. The Labute approximate surface area is 153 Å². The van der Waals surface area contributed by atoms with Gasteiger partial charge in [0.15, 0.2) is 0 Å². The molecular formula is C19H23FN2O3S. The zero-order valence-electron chi connectivity index (χ0n) is 14.7. The van der Waals surface area contributed by atoms with Gasteiger partial charge in [-0.25, -0.2) is 17.5 Å². The summed E-state index contributed by atoms with van der Waals surface area (Å²) in [5.41, 5.74) is 1.00. The third-order valence-corrected chi connectivity index (χ3v) is 5.30. The van der Waals surface area contributed by atoms with Crippen molar-refractivity contribution in [2.24, 2.45) is 0 Å². The monoisotopic (exact) mass is 378 g/mol. The highest BCUT2D eigenvalue weighted by Crippen LogP contribution is 2.12. The number of rotatable bonds is 9. The summed E-state index contributed by atoms with van der Waals surface area (Å²) >= 11 is 0. The van der Waals surface area contributed by atoms with Crippen molar-refractivity contribution >= 4 is 15.9 Å². The average molecular weight is 378 g/mol. The lowest BCUT2D eigenvalue weighted by Crippen LogP contribution is -2.26. The van der Waals surface area contributed by atoms with Crippen molar-refractivity contribution in [2.75, 3.05) is 6.54 Å². The number of halogens is 1. The zero-order valence-corrected chi connectivity index (χ0v) is 15.5. The predicted octanol–water partition coefficient (Wildman–Crippen LogP) is 3.22. The molecule has 26 heavy (non-hydrogen) atoms. The van der Waals surface area contributed by atoms with Crippen LogP contribution >= 0.6 is 0 Å². The van der Waals surface area contributed by atoms with Gasteiger partial charge in [0.05, 0.1) is 4.90 Å². The molecule has 0 bridgehead atoms. The Morgan fingerprint density at radius 1 is 1.08 bits per heavy atom. The summed E-state index contributed by atoms with van der Waals surface area (Å²) in [4.78, 5) is 12.3. The van der Waals surface area contributed by atoms with Crippen LogP contribution in [0.4, 0.5) is 4.39 Å². The van der Waals surface area contributed by atoms with E-state index in [0.29, 0.717) is 6.54 Å². The highest BCUT2D eigenvalue weighted by molar-refractivity contribution is 7.89. The van der Waals surface area contributed by atoms with E-state index in [1.54, 1.807) is 18.2 Å². The van der Waals surface area contributed by atoms with Gasteiger partial charge in [-0.2, -0.15) is 0 Å². The van der Waals surface area contributed by atoms with E-state index in [0.717, 1.165) is 24.8 Å². The smallest absolute Gasteiger partial charge is 0.251 e. The molecule has 0 aliphatic carbocycles. The molecule has 0 spiro atoms. The lowest BCUT2D eigenvalue weighted by Gasteiger charge is -2.09. The lowest BCUT2D eigenvalue weighted by molar-refractivity contribution is 0.0950. The molecule has 0 aliphatic rings. The van der Waals surface area contributed by atoms with Crippen molar-refractivity contribution in [3.8, 4) is 0 Å². The van der Waals surface area contributed by atoms with Crippen LogP contribution in [0.3, 0.4) is 0 Å². The van der Waals surface area contributed by atoms with E-state index in [1.165, 1.54) is 30.3 Å². The SMILES string of the molecule is CCCCCNS(=O)(=O)c1cccc(C(=O)NCc2ccc(F)cc2)c1. The van der Waals surface area contributed by atoms with E-state index < -0.39 is 15.9 Å². The van der Waals surface area contributed by atoms with Gasteiger partial charge in [0.2, 0.25) is 10.0 Å². The molecule has 0 saturated heterocycles. The summed E-state index contributed by atoms with van der Waals surface area (Å²) < 4.78 is 40.0. The van der Waals surface area contributed by atoms with Crippen molar-refractivity contribution in [3.05, 3.63) is 65.5 Å². The fraction of sp³-hybridized carbons (Fsp3) is 0.316. The van der Waals surface area contributed by atoms with Crippen LogP contribution in [0.1, 0.15) is 42.1 Å². The number of benzene rings is 2. The minimum Gasteiger partial charge on any atom is -0.348 e. The van der Waals surface area contributed by atoms with Crippen LogP contribution in [0, 0.1) is 5.82 Å². The Morgan fingerprint density at radius 2 is 1.81 bits per heavy atom. The number of hydrogen-bond acceptors (Lipinski definition) is 3. The Morgan fingerprint density at radius 3 is 2.50 bits per heavy atom. The molecule has 0 radical (unpaired) electrons. The first-order valence-corrected chi connectivity index (χ1v) is 10.0. The molecule has 140 valence electrons. The Hall–Kier alpha value is -2.25. The molecule has 0 atom stereocenters. The first kappa shape index (κ1) is 20.1. The maximum atomic E-state index is 12.9. The molecule has 0 aromatic heterocycles. The van der Waals surface area contributed by atoms with E-state index >= 15 is 0 Å². The summed E-state index contributed by atoms with van der Waals surface area (Å²) in [5, 5.41) is 2.70. The van der Waals surface area contributed by atoms with Crippen LogP contribution in [-0.4, -0.2) is 20.9 Å². The largest absolute Gasteiger partial charge is 0.348 e. The molecule has 0 saturated carbocycles. The number of unbranched alkanes of at least 4 members (excludes halogenated alkanes) is 2. The third kappa shape index (κ3) is 5.93. The number of nitrogens with one attached hydrogen (secondary N) is 2. The Kier molecular flexibility index (Phi) is 7.29. The molecule has 7 heteroatoms. The quantitative estimate of drug-likeness (QED) is 0.658. The zero-order chi connectivity index (χ0) is 19.0. The number of sulfonamides is 1. The third-order valence-electron chi connectivity index (χ3n) is 3.85. The van der Waals surface area contributed by atoms with Crippen molar-refractivity contribution in [2.45, 2.75) is 37.6 Å². The molecule has 0 heterocycles. The van der Waals surface area contributed by atoms with Gasteiger partial charge >= 0.3 is 0 Å². The Bertz CT molecular complexity index is 836. The second-order valence-corrected chi connectivity index (χ2v) is 7.71. The van der Waals surface area contributed by atoms with Gasteiger partial charge in [-0.1, -0.05) is 38.0 Å². The summed E-state index contributed by atoms with van der Waals surface area (Å²) in [6.45, 7) is 2.64. The fourth-order valence-corrected chi connectivity index (χ4v) is 3.48. The van der Waals surface area contributed by atoms with Crippen LogP contribution in [0.15, 0.2) is 53.4 Å².